The minimum Gasteiger partial charge on any atom is -0.387 e. The molecule has 1 aromatic rings. The fourth-order valence-electron chi connectivity index (χ4n) is 1.63. The smallest absolute Gasteiger partial charge is 0.251 e. The lowest BCUT2D eigenvalue weighted by atomic mass is 10.0. The molecule has 17 heavy (non-hydrogen) atoms. The van der Waals surface area contributed by atoms with Crippen LogP contribution in [0, 0.1) is 5.95 Å². The summed E-state index contributed by atoms with van der Waals surface area (Å²) in [6, 6.07) is 2.51. The SMILES string of the molecule is O=C(NCC1(O)CCSC1)c1ccnc(F)c1. The average Bonchev–Trinajstić information content (AvgIpc) is 2.74. The van der Waals surface area contributed by atoms with Gasteiger partial charge in [-0.2, -0.15) is 16.2 Å². The largest absolute Gasteiger partial charge is 0.387 e. The van der Waals surface area contributed by atoms with Crippen molar-refractivity contribution in [3.63, 3.8) is 0 Å². The highest BCUT2D eigenvalue weighted by molar-refractivity contribution is 7.99. The van der Waals surface area contributed by atoms with E-state index in [4.69, 9.17) is 0 Å². The van der Waals surface area contributed by atoms with Gasteiger partial charge in [0, 0.05) is 30.1 Å². The lowest BCUT2D eigenvalue weighted by molar-refractivity contribution is 0.0612. The molecule has 92 valence electrons. The van der Waals surface area contributed by atoms with Crippen molar-refractivity contribution < 1.29 is 14.3 Å². The number of hydrogen-bond donors (Lipinski definition) is 2. The number of nitrogens with zero attached hydrogens (tertiary/aromatic N) is 1. The Kier molecular flexibility index (Phi) is 3.63. The van der Waals surface area contributed by atoms with Gasteiger partial charge in [0.05, 0.1) is 5.60 Å². The molecule has 0 spiro atoms. The maximum absolute atomic E-state index is 12.8. The zero-order valence-electron chi connectivity index (χ0n) is 9.15. The number of carbonyl (C=O) groups is 1. The molecule has 1 fully saturated rings. The van der Waals surface area contributed by atoms with Crippen LogP contribution in [0.5, 0.6) is 0 Å². The number of nitrogens with one attached hydrogen (secondary N) is 1. The van der Waals surface area contributed by atoms with Crippen LogP contribution < -0.4 is 5.32 Å². The Balaban J connectivity index is 1.93. The van der Waals surface area contributed by atoms with Gasteiger partial charge in [-0.05, 0) is 18.2 Å². The Morgan fingerprint density at radius 3 is 3.18 bits per heavy atom. The molecule has 2 rings (SSSR count). The maximum Gasteiger partial charge on any atom is 0.251 e. The van der Waals surface area contributed by atoms with Crippen molar-refractivity contribution in [2.24, 2.45) is 0 Å². The molecule has 0 saturated carbocycles. The van der Waals surface area contributed by atoms with Gasteiger partial charge in [0.1, 0.15) is 0 Å². The van der Waals surface area contributed by atoms with Gasteiger partial charge >= 0.3 is 0 Å². The highest BCUT2D eigenvalue weighted by atomic mass is 32.2. The van der Waals surface area contributed by atoms with Gasteiger partial charge in [-0.15, -0.1) is 0 Å². The van der Waals surface area contributed by atoms with Crippen LogP contribution in [-0.4, -0.2) is 39.6 Å². The van der Waals surface area contributed by atoms with Crippen molar-refractivity contribution in [2.45, 2.75) is 12.0 Å². The third-order valence-corrected chi connectivity index (χ3v) is 3.88. The van der Waals surface area contributed by atoms with Gasteiger partial charge in [0.2, 0.25) is 5.95 Å². The van der Waals surface area contributed by atoms with Gasteiger partial charge in [-0.1, -0.05) is 0 Å². The van der Waals surface area contributed by atoms with Gasteiger partial charge in [-0.3, -0.25) is 4.79 Å². The molecule has 1 unspecified atom stereocenters. The van der Waals surface area contributed by atoms with Gasteiger partial charge in [0.25, 0.3) is 5.91 Å². The summed E-state index contributed by atoms with van der Waals surface area (Å²) in [4.78, 5) is 15.0. The van der Waals surface area contributed by atoms with Crippen LogP contribution >= 0.6 is 11.8 Å². The molecule has 1 saturated heterocycles. The van der Waals surface area contributed by atoms with Crippen molar-refractivity contribution in [1.29, 1.82) is 0 Å². The van der Waals surface area contributed by atoms with Crippen LogP contribution in [0.3, 0.4) is 0 Å². The second-order valence-corrected chi connectivity index (χ2v) is 5.18. The predicted octanol–water partition coefficient (Wildman–Crippen LogP) is 0.818. The summed E-state index contributed by atoms with van der Waals surface area (Å²) in [5.74, 6) is 0.443. The van der Waals surface area contributed by atoms with E-state index in [0.29, 0.717) is 12.2 Å². The summed E-state index contributed by atoms with van der Waals surface area (Å²) in [6.45, 7) is 0.197. The highest BCUT2D eigenvalue weighted by Crippen LogP contribution is 2.26. The first kappa shape index (κ1) is 12.3. The quantitative estimate of drug-likeness (QED) is 0.786. The van der Waals surface area contributed by atoms with E-state index in [1.54, 1.807) is 11.8 Å². The molecular weight excluding hydrogens is 243 g/mol. The molecule has 2 N–H and O–H groups in total. The van der Waals surface area contributed by atoms with Gasteiger partial charge in [0.15, 0.2) is 0 Å². The first-order valence-corrected chi connectivity index (χ1v) is 6.44. The van der Waals surface area contributed by atoms with Crippen LogP contribution in [0.25, 0.3) is 0 Å². The Bertz CT molecular complexity index is 422. The molecular formula is C11H13FN2O2S. The van der Waals surface area contributed by atoms with Crippen molar-refractivity contribution in [3.05, 3.63) is 29.8 Å². The molecule has 0 radical (unpaired) electrons. The number of carbonyl (C=O) groups excluding carboxylic acids is 1. The summed E-state index contributed by atoms with van der Waals surface area (Å²) in [7, 11) is 0. The second-order valence-electron chi connectivity index (χ2n) is 4.08. The molecule has 2 heterocycles. The van der Waals surface area contributed by atoms with Crippen molar-refractivity contribution in [1.82, 2.24) is 10.3 Å². The van der Waals surface area contributed by atoms with E-state index in [9.17, 15) is 14.3 Å². The second kappa shape index (κ2) is 5.01. The van der Waals surface area contributed by atoms with E-state index >= 15 is 0 Å². The minimum absolute atomic E-state index is 0.197. The normalized spacial score (nSPS) is 23.6. The minimum atomic E-state index is -0.827. The van der Waals surface area contributed by atoms with Crippen LogP contribution in [0.2, 0.25) is 0 Å². The number of aliphatic hydroxyl groups is 1. The molecule has 0 aliphatic carbocycles. The van der Waals surface area contributed by atoms with Crippen LogP contribution in [0.1, 0.15) is 16.8 Å². The molecule has 1 atom stereocenters. The molecule has 0 aromatic carbocycles. The molecule has 0 bridgehead atoms. The van der Waals surface area contributed by atoms with Crippen molar-refractivity contribution >= 4 is 17.7 Å². The highest BCUT2D eigenvalue weighted by Gasteiger charge is 2.32. The molecule has 1 aromatic heterocycles. The van der Waals surface area contributed by atoms with Crippen LogP contribution in [0.15, 0.2) is 18.3 Å². The summed E-state index contributed by atoms with van der Waals surface area (Å²) >= 11 is 1.66. The summed E-state index contributed by atoms with van der Waals surface area (Å²) < 4.78 is 12.8. The summed E-state index contributed by atoms with van der Waals surface area (Å²) in [6.07, 6.45) is 1.91. The zero-order valence-corrected chi connectivity index (χ0v) is 9.97. The third-order valence-electron chi connectivity index (χ3n) is 2.65. The zero-order chi connectivity index (χ0) is 12.3. The van der Waals surface area contributed by atoms with Crippen molar-refractivity contribution in [3.8, 4) is 0 Å². The number of hydrogen-bond acceptors (Lipinski definition) is 4. The fraction of sp³-hybridized carbons (Fsp3) is 0.455. The van der Waals surface area contributed by atoms with Crippen LogP contribution in [-0.2, 0) is 0 Å². The lowest BCUT2D eigenvalue weighted by Gasteiger charge is -2.21. The number of halogens is 1. The standard InChI is InChI=1S/C11H13FN2O2S/c12-9-5-8(1-3-13-9)10(15)14-6-11(16)2-4-17-7-11/h1,3,5,16H,2,4,6-7H2,(H,14,15). The summed E-state index contributed by atoms with van der Waals surface area (Å²) in [5, 5.41) is 12.6. The van der Waals surface area contributed by atoms with Crippen LogP contribution in [0.4, 0.5) is 4.39 Å². The Hall–Kier alpha value is -1.14. The number of amides is 1. The average molecular weight is 256 g/mol. The Labute approximate surface area is 103 Å². The summed E-state index contributed by atoms with van der Waals surface area (Å²) in [5.41, 5.74) is -0.613. The molecule has 1 aliphatic heterocycles. The van der Waals surface area contributed by atoms with Gasteiger partial charge in [-0.25, -0.2) is 4.98 Å². The molecule has 6 heteroatoms. The fourth-order valence-corrected chi connectivity index (χ4v) is 2.92. The van der Waals surface area contributed by atoms with E-state index in [-0.39, 0.29) is 12.1 Å². The number of aromatic nitrogens is 1. The van der Waals surface area contributed by atoms with Crippen molar-refractivity contribution in [2.75, 3.05) is 18.1 Å². The first-order valence-electron chi connectivity index (χ1n) is 5.29. The molecule has 4 nitrogen and oxygen atoms in total. The van der Waals surface area contributed by atoms with Gasteiger partial charge < -0.3 is 10.4 Å². The number of thioether (sulfide) groups is 1. The lowest BCUT2D eigenvalue weighted by Crippen LogP contribution is -2.42. The monoisotopic (exact) mass is 256 g/mol. The van der Waals surface area contributed by atoms with E-state index in [2.05, 4.69) is 10.3 Å². The Morgan fingerprint density at radius 1 is 1.71 bits per heavy atom. The third kappa shape index (κ3) is 3.17. The predicted molar refractivity (Wildman–Crippen MR) is 63.4 cm³/mol. The van der Waals surface area contributed by atoms with E-state index in [1.807, 2.05) is 0 Å². The number of rotatable bonds is 3. The van der Waals surface area contributed by atoms with E-state index in [1.165, 1.54) is 12.3 Å². The maximum atomic E-state index is 12.8. The van der Waals surface area contributed by atoms with E-state index < -0.39 is 17.5 Å². The Morgan fingerprint density at radius 2 is 2.53 bits per heavy atom. The first-order chi connectivity index (χ1) is 8.09. The molecule has 1 amide bonds. The topological polar surface area (TPSA) is 62.2 Å². The van der Waals surface area contributed by atoms with E-state index in [0.717, 1.165) is 11.8 Å². The number of pyridine rings is 1. The molecule has 1 aliphatic rings.